The van der Waals surface area contributed by atoms with Gasteiger partial charge in [-0.3, -0.25) is 0 Å². The van der Waals surface area contributed by atoms with Crippen LogP contribution >= 0.6 is 0 Å². The molecule has 2 nitrogen and oxygen atoms in total. The maximum Gasteiger partial charge on any atom is 0.0629 e. The first-order valence-electron chi connectivity index (χ1n) is 26.0. The van der Waals surface area contributed by atoms with Crippen molar-refractivity contribution in [2.24, 2.45) is 5.92 Å². The summed E-state index contributed by atoms with van der Waals surface area (Å²) in [4.78, 5) is 5.16. The molecule has 0 saturated heterocycles. The Morgan fingerprint density at radius 3 is 1.69 bits per heavy atom. The van der Waals surface area contributed by atoms with E-state index in [-0.39, 0.29) is 12.0 Å². The van der Waals surface area contributed by atoms with Crippen LogP contribution in [-0.4, -0.2) is 6.04 Å². The highest BCUT2D eigenvalue weighted by Gasteiger charge is 2.40. The average Bonchev–Trinajstić information content (AvgIpc) is 3.94. The Hall–Kier alpha value is -7.42. The third-order valence-corrected chi connectivity index (χ3v) is 17.0. The Balaban J connectivity index is 0.840. The molecule has 6 aliphatic carbocycles. The van der Waals surface area contributed by atoms with Gasteiger partial charge < -0.3 is 9.80 Å². The van der Waals surface area contributed by atoms with Gasteiger partial charge in [-0.1, -0.05) is 115 Å². The molecule has 8 aromatic rings. The molecule has 0 aliphatic heterocycles. The molecule has 2 heteroatoms. The molecular formula is C68H58N2. The molecule has 0 fully saturated rings. The minimum Gasteiger partial charge on any atom is -0.334 e. The molecule has 0 radical (unpaired) electrons. The van der Waals surface area contributed by atoms with Crippen molar-refractivity contribution in [2.75, 3.05) is 9.80 Å². The third kappa shape index (κ3) is 6.31. The Bertz CT molecular complexity index is 3610. The van der Waals surface area contributed by atoms with Crippen LogP contribution in [0.15, 0.2) is 175 Å². The second-order valence-corrected chi connectivity index (χ2v) is 21.0. The van der Waals surface area contributed by atoms with Gasteiger partial charge in [0.15, 0.2) is 0 Å². The van der Waals surface area contributed by atoms with Crippen LogP contribution in [-0.2, 0) is 25.7 Å². The van der Waals surface area contributed by atoms with Gasteiger partial charge >= 0.3 is 0 Å². The fourth-order valence-corrected chi connectivity index (χ4v) is 13.6. The van der Waals surface area contributed by atoms with Crippen LogP contribution in [0, 0.1) is 33.6 Å². The highest BCUT2D eigenvalue weighted by Crippen LogP contribution is 2.55. The van der Waals surface area contributed by atoms with E-state index < -0.39 is 0 Å². The fraction of sp³-hybridized carbons (Fsp3) is 0.206. The second kappa shape index (κ2) is 16.1. The maximum absolute atomic E-state index is 2.64. The average molecular weight is 903 g/mol. The highest BCUT2D eigenvalue weighted by atomic mass is 15.2. The lowest BCUT2D eigenvalue weighted by molar-refractivity contribution is 0.645. The molecule has 0 spiro atoms. The van der Waals surface area contributed by atoms with E-state index in [9.17, 15) is 0 Å². The van der Waals surface area contributed by atoms with Crippen molar-refractivity contribution in [1.82, 2.24) is 0 Å². The molecule has 0 saturated carbocycles. The van der Waals surface area contributed by atoms with Crippen molar-refractivity contribution in [3.8, 4) is 33.4 Å². The first kappa shape index (κ1) is 41.5. The third-order valence-electron chi connectivity index (χ3n) is 17.0. The Kier molecular flexibility index (Phi) is 9.54. The number of allylic oxidation sites excluding steroid dienone is 5. The Morgan fingerprint density at radius 1 is 0.457 bits per heavy atom. The minimum absolute atomic E-state index is 0.128. The molecule has 70 heavy (non-hydrogen) atoms. The van der Waals surface area contributed by atoms with E-state index in [2.05, 4.69) is 207 Å². The quantitative estimate of drug-likeness (QED) is 0.157. The molecule has 14 rings (SSSR count). The van der Waals surface area contributed by atoms with Crippen molar-refractivity contribution in [2.45, 2.75) is 85.1 Å². The zero-order chi connectivity index (χ0) is 46.8. The van der Waals surface area contributed by atoms with Crippen LogP contribution in [0.2, 0.25) is 0 Å². The molecule has 0 heterocycles. The van der Waals surface area contributed by atoms with Crippen molar-refractivity contribution >= 4 is 50.4 Å². The predicted molar refractivity (Wildman–Crippen MR) is 296 cm³/mol. The first-order valence-corrected chi connectivity index (χ1v) is 26.0. The van der Waals surface area contributed by atoms with Crippen LogP contribution < -0.4 is 9.80 Å². The largest absolute Gasteiger partial charge is 0.334 e. The summed E-state index contributed by atoms with van der Waals surface area (Å²) in [7, 11) is 0. The maximum atomic E-state index is 2.64. The van der Waals surface area contributed by atoms with Crippen molar-refractivity contribution < 1.29 is 0 Å². The summed E-state index contributed by atoms with van der Waals surface area (Å²) in [5.74, 6) is 0.231. The van der Waals surface area contributed by atoms with Crippen molar-refractivity contribution in [3.63, 3.8) is 0 Å². The standard InChI is InChI=1S/C68H58N2/c1-41-19-21-43(3)65-59-35-37-61(55-15-9-17-57(63(41)65)67(55)59)69(53-33-27-45-11-5-7-13-49(45)39-53)51-29-23-47(24-30-51)48-25-31-52(32-26-48)70(54-34-28-46-12-6-8-14-50(46)40-54)62-38-36-60-66-44(4)22-20-42(2)64(66)58-18-10-16-56(62)68(58)60/h9-10,15-40,55,61H,5-8,11-14H2,1-4H3. The number of hydrogen-bond donors (Lipinski definition) is 0. The number of nitrogens with zero attached hydrogens (tertiary/aromatic N) is 2. The summed E-state index contributed by atoms with van der Waals surface area (Å²) < 4.78 is 0. The smallest absolute Gasteiger partial charge is 0.0629 e. The molecule has 0 amide bonds. The van der Waals surface area contributed by atoms with Gasteiger partial charge in [-0.15, -0.1) is 0 Å². The van der Waals surface area contributed by atoms with Crippen LogP contribution in [0.3, 0.4) is 0 Å². The summed E-state index contributed by atoms with van der Waals surface area (Å²) >= 11 is 0. The van der Waals surface area contributed by atoms with E-state index in [0.29, 0.717) is 0 Å². The topological polar surface area (TPSA) is 6.48 Å². The predicted octanol–water partition coefficient (Wildman–Crippen LogP) is 17.7. The van der Waals surface area contributed by atoms with Crippen LogP contribution in [0.4, 0.5) is 28.4 Å². The lowest BCUT2D eigenvalue weighted by Crippen LogP contribution is -2.38. The number of hydrogen-bond acceptors (Lipinski definition) is 2. The van der Waals surface area contributed by atoms with E-state index in [1.807, 2.05) is 0 Å². The number of aryl methyl sites for hydroxylation is 8. The van der Waals surface area contributed by atoms with Gasteiger partial charge in [0.1, 0.15) is 0 Å². The Morgan fingerprint density at radius 2 is 1.01 bits per heavy atom. The number of rotatable bonds is 7. The fourth-order valence-electron chi connectivity index (χ4n) is 13.6. The van der Waals surface area contributed by atoms with Gasteiger partial charge in [-0.25, -0.2) is 0 Å². The van der Waals surface area contributed by atoms with Gasteiger partial charge in [0.25, 0.3) is 0 Å². The van der Waals surface area contributed by atoms with Crippen LogP contribution in [0.25, 0.3) is 55.3 Å². The van der Waals surface area contributed by atoms with Gasteiger partial charge in [-0.05, 0) is 245 Å². The monoisotopic (exact) mass is 902 g/mol. The lowest BCUT2D eigenvalue weighted by Gasteiger charge is -2.40. The van der Waals surface area contributed by atoms with Gasteiger partial charge in [0, 0.05) is 34.1 Å². The normalized spacial score (nSPS) is 17.7. The minimum atomic E-state index is 0.128. The molecular weight excluding hydrogens is 845 g/mol. The molecule has 8 aromatic carbocycles. The second-order valence-electron chi connectivity index (χ2n) is 21.0. The molecule has 0 bridgehead atoms. The Labute approximate surface area is 413 Å². The van der Waals surface area contributed by atoms with E-state index in [1.165, 1.54) is 183 Å². The first-order chi connectivity index (χ1) is 34.4. The molecule has 2 unspecified atom stereocenters. The summed E-state index contributed by atoms with van der Waals surface area (Å²) in [5.41, 5.74) is 32.6. The van der Waals surface area contributed by atoms with E-state index >= 15 is 0 Å². The van der Waals surface area contributed by atoms with E-state index in [0.717, 1.165) is 12.8 Å². The van der Waals surface area contributed by atoms with Gasteiger partial charge in [-0.2, -0.15) is 0 Å². The summed E-state index contributed by atoms with van der Waals surface area (Å²) in [6, 6.07) is 54.4. The zero-order valence-electron chi connectivity index (χ0n) is 40.9. The SMILES string of the molecule is Cc1ccc(C)c2c1C1=CC=CC3C1=C2C=CC3N(c1ccc(-c2ccc(N(c3ccc4c(c3)CCCC4)c3ccc4c5c(cccc35)-c3c(C)ccc(C)c3-4)cc2)cc1)c1ccc2c(c1)CCCC2. The van der Waals surface area contributed by atoms with Crippen LogP contribution in [0.5, 0.6) is 0 Å². The number of fused-ring (bicyclic) bond motifs is 8. The summed E-state index contributed by atoms with van der Waals surface area (Å²) in [5, 5.41) is 2.66. The van der Waals surface area contributed by atoms with Crippen molar-refractivity contribution in [1.29, 1.82) is 0 Å². The molecule has 0 aromatic heterocycles. The number of benzene rings is 8. The van der Waals surface area contributed by atoms with Crippen molar-refractivity contribution in [3.05, 3.63) is 231 Å². The van der Waals surface area contributed by atoms with E-state index in [4.69, 9.17) is 0 Å². The highest BCUT2D eigenvalue weighted by molar-refractivity contribution is 6.20. The summed E-state index contributed by atoms with van der Waals surface area (Å²) in [6.07, 6.45) is 21.8. The molecule has 6 aliphatic rings. The molecule has 2 atom stereocenters. The lowest BCUT2D eigenvalue weighted by atomic mass is 9.78. The van der Waals surface area contributed by atoms with Crippen LogP contribution in [0.1, 0.15) is 81.3 Å². The van der Waals surface area contributed by atoms with Gasteiger partial charge in [0.05, 0.1) is 11.7 Å². The summed E-state index contributed by atoms with van der Waals surface area (Å²) in [6.45, 7) is 9.09. The number of anilines is 5. The van der Waals surface area contributed by atoms with Gasteiger partial charge in [0.2, 0.25) is 0 Å². The molecule has 340 valence electrons. The molecule has 0 N–H and O–H groups in total. The zero-order valence-corrected chi connectivity index (χ0v) is 40.9. The van der Waals surface area contributed by atoms with E-state index in [1.54, 1.807) is 0 Å².